The van der Waals surface area contributed by atoms with Crippen molar-refractivity contribution in [2.45, 2.75) is 71.8 Å². The number of nitrogens with one attached hydrogen (secondary N) is 1. The van der Waals surface area contributed by atoms with Crippen molar-refractivity contribution in [2.75, 3.05) is 19.6 Å². The Morgan fingerprint density at radius 1 is 0.949 bits per heavy atom. The van der Waals surface area contributed by atoms with Crippen molar-refractivity contribution in [3.63, 3.8) is 0 Å². The molecule has 2 aliphatic rings. The molecule has 2 aromatic heterocycles. The average Bonchev–Trinajstić information content (AvgIpc) is 3.29. The Morgan fingerprint density at radius 3 is 2.54 bits per heavy atom. The minimum atomic E-state index is -0.369. The van der Waals surface area contributed by atoms with Crippen LogP contribution >= 0.6 is 0 Å². The molecule has 2 atom stereocenters. The van der Waals surface area contributed by atoms with Gasteiger partial charge >= 0.3 is 5.63 Å². The molecule has 0 radical (unpaired) electrons. The first-order chi connectivity index (χ1) is 18.9. The summed E-state index contributed by atoms with van der Waals surface area (Å²) in [5, 5.41) is 5.09. The van der Waals surface area contributed by atoms with Gasteiger partial charge in [0, 0.05) is 46.5 Å². The first-order valence-corrected chi connectivity index (χ1v) is 14.5. The van der Waals surface area contributed by atoms with E-state index >= 15 is 0 Å². The summed E-state index contributed by atoms with van der Waals surface area (Å²) in [6.45, 7) is 9.00. The Bertz CT molecular complexity index is 1580. The third-order valence-electron chi connectivity index (χ3n) is 9.09. The molecule has 4 aromatic rings. The zero-order chi connectivity index (χ0) is 27.1. The van der Waals surface area contributed by atoms with Crippen LogP contribution in [0.3, 0.4) is 0 Å². The van der Waals surface area contributed by atoms with Gasteiger partial charge < -0.3 is 19.1 Å². The summed E-state index contributed by atoms with van der Waals surface area (Å²) < 4.78 is 12.0. The third kappa shape index (κ3) is 4.80. The Hall–Kier alpha value is -3.38. The van der Waals surface area contributed by atoms with Crippen LogP contribution in [0.2, 0.25) is 0 Å². The lowest BCUT2D eigenvalue weighted by Crippen LogP contribution is -2.51. The number of carbonyl (C=O) groups excluding carboxylic acids is 1. The highest BCUT2D eigenvalue weighted by Crippen LogP contribution is 2.39. The summed E-state index contributed by atoms with van der Waals surface area (Å²) in [7, 11) is 0. The fourth-order valence-electron chi connectivity index (χ4n) is 7.01. The Kier molecular flexibility index (Phi) is 7.06. The van der Waals surface area contributed by atoms with Gasteiger partial charge in [-0.1, -0.05) is 36.8 Å². The molecule has 4 heterocycles. The molecule has 2 saturated heterocycles. The highest BCUT2D eigenvalue weighted by atomic mass is 16.4. The Morgan fingerprint density at radius 2 is 1.72 bits per heavy atom. The average molecular weight is 527 g/mol. The van der Waals surface area contributed by atoms with E-state index in [9.17, 15) is 9.59 Å². The number of hydrogen-bond acceptors (Lipinski definition) is 5. The molecular formula is C33H38N2O4. The van der Waals surface area contributed by atoms with Gasteiger partial charge in [-0.3, -0.25) is 4.79 Å². The summed E-state index contributed by atoms with van der Waals surface area (Å²) in [4.78, 5) is 28.6. The molecule has 2 aliphatic heterocycles. The predicted octanol–water partition coefficient (Wildman–Crippen LogP) is 6.44. The van der Waals surface area contributed by atoms with Gasteiger partial charge in [-0.05, 0) is 89.1 Å². The number of furan rings is 1. The Balaban J connectivity index is 1.24. The number of piperidine rings is 2. The maximum atomic E-state index is 13.1. The molecule has 39 heavy (non-hydrogen) atoms. The molecule has 0 aliphatic carbocycles. The predicted molar refractivity (Wildman–Crippen MR) is 155 cm³/mol. The lowest BCUT2D eigenvalue weighted by Gasteiger charge is -2.44. The van der Waals surface area contributed by atoms with Crippen LogP contribution in [0.5, 0.6) is 0 Å². The van der Waals surface area contributed by atoms with Crippen LogP contribution in [0.25, 0.3) is 33.1 Å². The molecule has 6 rings (SSSR count). The van der Waals surface area contributed by atoms with Crippen LogP contribution < -0.4 is 10.9 Å². The van der Waals surface area contributed by atoms with Crippen molar-refractivity contribution >= 4 is 27.8 Å². The van der Waals surface area contributed by atoms with Gasteiger partial charge in [-0.25, -0.2) is 4.79 Å². The second-order valence-electron chi connectivity index (χ2n) is 11.5. The van der Waals surface area contributed by atoms with Crippen LogP contribution in [0.1, 0.15) is 61.0 Å². The fraction of sp³-hybridized carbons (Fsp3) is 0.455. The number of nitrogens with zero attached hydrogens (tertiary/aromatic N) is 1. The van der Waals surface area contributed by atoms with E-state index in [0.29, 0.717) is 29.5 Å². The number of fused-ring (bicyclic) bond motifs is 3. The van der Waals surface area contributed by atoms with Crippen LogP contribution in [0.4, 0.5) is 0 Å². The molecule has 0 bridgehead atoms. The molecule has 204 valence electrons. The maximum absolute atomic E-state index is 13.1. The van der Waals surface area contributed by atoms with Crippen molar-refractivity contribution in [3.05, 3.63) is 69.3 Å². The van der Waals surface area contributed by atoms with E-state index in [-0.39, 0.29) is 18.0 Å². The lowest BCUT2D eigenvalue weighted by molar-refractivity contribution is -0.121. The summed E-state index contributed by atoms with van der Waals surface area (Å²) in [5.41, 5.74) is 5.35. The quantitative estimate of drug-likeness (QED) is 0.293. The van der Waals surface area contributed by atoms with Gasteiger partial charge in [0.25, 0.3) is 0 Å². The number of carbonyl (C=O) groups is 1. The fourth-order valence-corrected chi connectivity index (χ4v) is 7.01. The standard InChI is InChI=1S/C33H38N2O4/c1-20-25(14-15-29(36)34-19-24-12-9-17-35-16-8-7-13-28(24)35)33(37)39-31-21(2)32-27(18-26(20)31)30(22(3)38-32)23-10-5-4-6-11-23/h4-6,10-11,18,24,28H,7-9,12-17,19H2,1-3H3,(H,34,36)/t24-,28+/m0/s1. The number of benzene rings is 2. The normalized spacial score (nSPS) is 19.9. The first-order valence-electron chi connectivity index (χ1n) is 14.5. The molecular weight excluding hydrogens is 488 g/mol. The second-order valence-corrected chi connectivity index (χ2v) is 11.5. The molecule has 6 nitrogen and oxygen atoms in total. The van der Waals surface area contributed by atoms with Gasteiger partial charge in [-0.15, -0.1) is 0 Å². The van der Waals surface area contributed by atoms with Crippen LogP contribution in [-0.4, -0.2) is 36.5 Å². The van der Waals surface area contributed by atoms with Crippen LogP contribution in [-0.2, 0) is 11.2 Å². The van der Waals surface area contributed by atoms with E-state index < -0.39 is 0 Å². The van der Waals surface area contributed by atoms with Crippen LogP contribution in [0.15, 0.2) is 50.0 Å². The van der Waals surface area contributed by atoms with E-state index in [1.54, 1.807) is 0 Å². The molecule has 1 amide bonds. The Labute approximate surface area is 229 Å². The molecule has 1 N–H and O–H groups in total. The van der Waals surface area contributed by atoms with E-state index in [1.807, 2.05) is 39.0 Å². The summed E-state index contributed by atoms with van der Waals surface area (Å²) in [6, 6.07) is 12.9. The van der Waals surface area contributed by atoms with Gasteiger partial charge in [0.05, 0.1) is 0 Å². The highest BCUT2D eigenvalue weighted by Gasteiger charge is 2.33. The lowest BCUT2D eigenvalue weighted by atomic mass is 9.83. The maximum Gasteiger partial charge on any atom is 0.339 e. The topological polar surface area (TPSA) is 75.7 Å². The minimum absolute atomic E-state index is 0.00489. The molecule has 0 spiro atoms. The van der Waals surface area contributed by atoms with Crippen molar-refractivity contribution < 1.29 is 13.6 Å². The van der Waals surface area contributed by atoms with Gasteiger partial charge in [0.2, 0.25) is 5.91 Å². The smallest absolute Gasteiger partial charge is 0.339 e. The van der Waals surface area contributed by atoms with Crippen molar-refractivity contribution in [1.82, 2.24) is 10.2 Å². The van der Waals surface area contributed by atoms with E-state index in [2.05, 4.69) is 28.4 Å². The van der Waals surface area contributed by atoms with E-state index in [4.69, 9.17) is 8.83 Å². The van der Waals surface area contributed by atoms with Crippen molar-refractivity contribution in [3.8, 4) is 11.1 Å². The number of hydrogen-bond donors (Lipinski definition) is 1. The SMILES string of the molecule is Cc1oc2c(C)c3oc(=O)c(CCC(=O)NC[C@@H]4CCCN5CCCC[C@H]45)c(C)c3cc2c1-c1ccccc1. The van der Waals surface area contributed by atoms with Crippen molar-refractivity contribution in [1.29, 1.82) is 0 Å². The molecule has 6 heteroatoms. The van der Waals surface area contributed by atoms with E-state index in [1.165, 1.54) is 45.2 Å². The first kappa shape index (κ1) is 25.9. The second kappa shape index (κ2) is 10.6. The third-order valence-corrected chi connectivity index (χ3v) is 9.09. The van der Waals surface area contributed by atoms with Gasteiger partial charge in [0.1, 0.15) is 16.9 Å². The molecule has 0 unspecified atom stereocenters. The number of aryl methyl sites for hydroxylation is 3. The minimum Gasteiger partial charge on any atom is -0.460 e. The summed E-state index contributed by atoms with van der Waals surface area (Å²) >= 11 is 0. The molecule has 0 saturated carbocycles. The monoisotopic (exact) mass is 526 g/mol. The summed E-state index contributed by atoms with van der Waals surface area (Å²) in [5.74, 6) is 1.36. The zero-order valence-electron chi connectivity index (χ0n) is 23.3. The highest BCUT2D eigenvalue weighted by molar-refractivity contribution is 6.05. The number of amides is 1. The van der Waals surface area contributed by atoms with Crippen LogP contribution in [0, 0.1) is 26.7 Å². The zero-order valence-corrected chi connectivity index (χ0v) is 23.3. The van der Waals surface area contributed by atoms with Crippen molar-refractivity contribution in [2.24, 2.45) is 5.92 Å². The number of rotatable bonds is 6. The molecule has 2 fully saturated rings. The largest absolute Gasteiger partial charge is 0.460 e. The van der Waals surface area contributed by atoms with Gasteiger partial charge in [0.15, 0.2) is 0 Å². The van der Waals surface area contributed by atoms with Gasteiger partial charge in [-0.2, -0.15) is 0 Å². The molecule has 2 aromatic carbocycles. The summed E-state index contributed by atoms with van der Waals surface area (Å²) in [6.07, 6.45) is 6.86. The van der Waals surface area contributed by atoms with E-state index in [0.717, 1.165) is 50.9 Å².